The highest BCUT2D eigenvalue weighted by Crippen LogP contribution is 2.26. The third kappa shape index (κ3) is 7.30. The lowest BCUT2D eigenvalue weighted by atomic mass is 9.91. The van der Waals surface area contributed by atoms with Crippen LogP contribution in [0.15, 0.2) is 5.16 Å². The predicted octanol–water partition coefficient (Wildman–Crippen LogP) is -0.350. The number of carboxylic acids is 1. The molecule has 0 spiro atoms. The molecule has 0 radical (unpaired) electrons. The first-order valence-electron chi connectivity index (χ1n) is 7.46. The van der Waals surface area contributed by atoms with Crippen molar-refractivity contribution in [3.63, 3.8) is 0 Å². The van der Waals surface area contributed by atoms with Crippen molar-refractivity contribution in [2.24, 2.45) is 5.16 Å². The highest BCUT2D eigenvalue weighted by Gasteiger charge is 2.54. The van der Waals surface area contributed by atoms with E-state index in [1.807, 2.05) is 0 Å². The summed E-state index contributed by atoms with van der Waals surface area (Å²) in [6.45, 7) is 3.99. The van der Waals surface area contributed by atoms with Gasteiger partial charge in [-0.05, 0) is 6.92 Å². The van der Waals surface area contributed by atoms with Gasteiger partial charge >= 0.3 is 29.8 Å². The SMILES string of the molecule is CC(=O)OCC(=NO)[C@H](OC(C)=O)[C@H](OC(C)=O)[C@@](C)(OC(C)=O)C(=O)O. The highest BCUT2D eigenvalue weighted by molar-refractivity contribution is 5.94. The molecule has 2 N–H and O–H groups in total. The van der Waals surface area contributed by atoms with E-state index in [0.29, 0.717) is 0 Å². The molecule has 0 aromatic heterocycles. The number of nitrogens with zero attached hydrogens (tertiary/aromatic N) is 1. The summed E-state index contributed by atoms with van der Waals surface area (Å²) < 4.78 is 19.3. The van der Waals surface area contributed by atoms with Crippen molar-refractivity contribution < 1.29 is 53.2 Å². The summed E-state index contributed by atoms with van der Waals surface area (Å²) in [5, 5.41) is 21.6. The lowest BCUT2D eigenvalue weighted by Crippen LogP contribution is -2.60. The minimum absolute atomic E-state index is 0.564. The fourth-order valence-electron chi connectivity index (χ4n) is 1.99. The van der Waals surface area contributed by atoms with E-state index in [2.05, 4.69) is 9.89 Å². The van der Waals surface area contributed by atoms with Crippen LogP contribution in [0.5, 0.6) is 0 Å². The first-order valence-corrected chi connectivity index (χ1v) is 7.46. The van der Waals surface area contributed by atoms with E-state index < -0.39 is 60.0 Å². The molecule has 0 unspecified atom stereocenters. The molecule has 0 fully saturated rings. The molecule has 0 saturated heterocycles. The van der Waals surface area contributed by atoms with Crippen molar-refractivity contribution in [2.75, 3.05) is 6.61 Å². The molecule has 0 aliphatic rings. The number of carbonyl (C=O) groups excluding carboxylic acids is 4. The van der Waals surface area contributed by atoms with E-state index in [-0.39, 0.29) is 0 Å². The van der Waals surface area contributed by atoms with E-state index in [0.717, 1.165) is 34.6 Å². The molecule has 152 valence electrons. The van der Waals surface area contributed by atoms with Crippen LogP contribution in [-0.2, 0) is 42.9 Å². The van der Waals surface area contributed by atoms with Crippen molar-refractivity contribution in [1.82, 2.24) is 0 Å². The molecule has 27 heavy (non-hydrogen) atoms. The smallest absolute Gasteiger partial charge is 0.352 e. The molecule has 3 atom stereocenters. The molecule has 0 aliphatic carbocycles. The van der Waals surface area contributed by atoms with Crippen LogP contribution in [0.25, 0.3) is 0 Å². The summed E-state index contributed by atoms with van der Waals surface area (Å²) in [5.41, 5.74) is -3.10. The molecular formula is C15H21NO11. The van der Waals surface area contributed by atoms with Crippen molar-refractivity contribution in [2.45, 2.75) is 52.4 Å². The van der Waals surface area contributed by atoms with Crippen LogP contribution in [0.2, 0.25) is 0 Å². The van der Waals surface area contributed by atoms with Gasteiger partial charge in [0.15, 0.2) is 12.2 Å². The van der Waals surface area contributed by atoms with Gasteiger partial charge in [0, 0.05) is 27.7 Å². The molecular weight excluding hydrogens is 370 g/mol. The summed E-state index contributed by atoms with van der Waals surface area (Å²) in [6.07, 6.45) is -3.82. The predicted molar refractivity (Wildman–Crippen MR) is 84.8 cm³/mol. The molecule has 0 amide bonds. The van der Waals surface area contributed by atoms with Crippen molar-refractivity contribution in [1.29, 1.82) is 0 Å². The van der Waals surface area contributed by atoms with E-state index in [9.17, 15) is 34.3 Å². The molecule has 0 aromatic carbocycles. The van der Waals surface area contributed by atoms with Gasteiger partial charge < -0.3 is 29.3 Å². The van der Waals surface area contributed by atoms with Crippen LogP contribution >= 0.6 is 0 Å². The summed E-state index contributed by atoms with van der Waals surface area (Å²) >= 11 is 0. The van der Waals surface area contributed by atoms with Crippen LogP contribution in [0, 0.1) is 0 Å². The Morgan fingerprint density at radius 3 is 1.78 bits per heavy atom. The van der Waals surface area contributed by atoms with Gasteiger partial charge in [-0.3, -0.25) is 19.2 Å². The fraction of sp³-hybridized carbons (Fsp3) is 0.600. The average Bonchev–Trinajstić information content (AvgIpc) is 2.50. The number of carbonyl (C=O) groups is 5. The van der Waals surface area contributed by atoms with E-state index in [1.165, 1.54) is 0 Å². The molecule has 12 heteroatoms. The van der Waals surface area contributed by atoms with Gasteiger partial charge in [0.25, 0.3) is 0 Å². The third-order valence-corrected chi connectivity index (χ3v) is 3.06. The highest BCUT2D eigenvalue weighted by atomic mass is 16.6. The Kier molecular flexibility index (Phi) is 8.90. The molecule has 0 aromatic rings. The number of oxime groups is 1. The second-order valence-electron chi connectivity index (χ2n) is 5.44. The zero-order valence-corrected chi connectivity index (χ0v) is 15.4. The minimum atomic E-state index is -2.54. The molecule has 0 saturated carbocycles. The zero-order chi connectivity index (χ0) is 21.4. The quantitative estimate of drug-likeness (QED) is 0.173. The summed E-state index contributed by atoms with van der Waals surface area (Å²) in [6, 6.07) is 0. The van der Waals surface area contributed by atoms with Gasteiger partial charge in [0.05, 0.1) is 0 Å². The second-order valence-corrected chi connectivity index (χ2v) is 5.44. The third-order valence-electron chi connectivity index (χ3n) is 3.06. The Morgan fingerprint density at radius 2 is 1.44 bits per heavy atom. The lowest BCUT2D eigenvalue weighted by Gasteiger charge is -2.36. The second kappa shape index (κ2) is 10.1. The summed E-state index contributed by atoms with van der Waals surface area (Å²) in [4.78, 5) is 57.1. The Hall–Kier alpha value is -3.18. The van der Waals surface area contributed by atoms with Crippen molar-refractivity contribution in [3.8, 4) is 0 Å². The monoisotopic (exact) mass is 391 g/mol. The maximum atomic E-state index is 11.8. The molecule has 0 aliphatic heterocycles. The van der Waals surface area contributed by atoms with Crippen LogP contribution < -0.4 is 0 Å². The Bertz CT molecular complexity index is 642. The summed E-state index contributed by atoms with van der Waals surface area (Å²) in [7, 11) is 0. The fourth-order valence-corrected chi connectivity index (χ4v) is 1.99. The number of carboxylic acid groups (broad SMARTS) is 1. The van der Waals surface area contributed by atoms with Gasteiger partial charge in [-0.15, -0.1) is 0 Å². The summed E-state index contributed by atoms with van der Waals surface area (Å²) in [5.74, 6) is -5.56. The Labute approximate surface area is 154 Å². The van der Waals surface area contributed by atoms with Crippen LogP contribution in [0.4, 0.5) is 0 Å². The topological polar surface area (TPSA) is 175 Å². The Balaban J connectivity index is 6.31. The van der Waals surface area contributed by atoms with Crippen LogP contribution in [0.3, 0.4) is 0 Å². The van der Waals surface area contributed by atoms with Crippen LogP contribution in [0.1, 0.15) is 34.6 Å². The first-order chi connectivity index (χ1) is 12.3. The van der Waals surface area contributed by atoms with Crippen molar-refractivity contribution in [3.05, 3.63) is 0 Å². The van der Waals surface area contributed by atoms with Crippen LogP contribution in [-0.4, -0.2) is 70.3 Å². The van der Waals surface area contributed by atoms with E-state index in [4.69, 9.17) is 14.2 Å². The zero-order valence-electron chi connectivity index (χ0n) is 15.4. The van der Waals surface area contributed by atoms with Gasteiger partial charge in [-0.25, -0.2) is 4.79 Å². The first kappa shape index (κ1) is 23.8. The van der Waals surface area contributed by atoms with Gasteiger partial charge in [-0.1, -0.05) is 5.16 Å². The number of ether oxygens (including phenoxy) is 4. The van der Waals surface area contributed by atoms with Crippen molar-refractivity contribution >= 4 is 35.6 Å². The van der Waals surface area contributed by atoms with E-state index in [1.54, 1.807) is 0 Å². The number of hydrogen-bond acceptors (Lipinski definition) is 11. The lowest BCUT2D eigenvalue weighted by molar-refractivity contribution is -0.205. The molecule has 12 nitrogen and oxygen atoms in total. The molecule has 0 bridgehead atoms. The number of hydrogen-bond donors (Lipinski definition) is 2. The maximum Gasteiger partial charge on any atom is 0.352 e. The van der Waals surface area contributed by atoms with Gasteiger partial charge in [0.1, 0.15) is 12.3 Å². The Morgan fingerprint density at radius 1 is 0.926 bits per heavy atom. The molecule has 0 heterocycles. The van der Waals surface area contributed by atoms with E-state index >= 15 is 0 Å². The maximum absolute atomic E-state index is 11.8. The largest absolute Gasteiger partial charge is 0.478 e. The number of aliphatic carboxylic acids is 1. The standard InChI is InChI=1S/C15H21NO11/c1-7(17)24-6-11(16-23)12(25-8(2)18)13(26-9(3)19)15(5,14(21)22)27-10(4)20/h12-13,23H,6H2,1-5H3,(H,21,22)/t12-,13-,15+/m0/s1. The normalized spacial score (nSPS) is 15.5. The average molecular weight is 391 g/mol. The molecule has 0 rings (SSSR count). The van der Waals surface area contributed by atoms with Gasteiger partial charge in [-0.2, -0.15) is 0 Å². The van der Waals surface area contributed by atoms with Gasteiger partial charge in [0.2, 0.25) is 5.60 Å². The minimum Gasteiger partial charge on any atom is -0.478 e. The number of rotatable bonds is 9. The number of esters is 4.